The van der Waals surface area contributed by atoms with Crippen LogP contribution in [-0.4, -0.2) is 24.4 Å². The first kappa shape index (κ1) is 16.3. The van der Waals surface area contributed by atoms with Crippen LogP contribution in [-0.2, 0) is 0 Å². The number of anilines is 1. The lowest BCUT2D eigenvalue weighted by Gasteiger charge is -2.16. The van der Waals surface area contributed by atoms with Gasteiger partial charge in [-0.05, 0) is 36.9 Å². The average Bonchev–Trinajstić information content (AvgIpc) is 3.27. The van der Waals surface area contributed by atoms with Gasteiger partial charge >= 0.3 is 0 Å². The summed E-state index contributed by atoms with van der Waals surface area (Å²) in [6, 6.07) is 7.63. The van der Waals surface area contributed by atoms with Crippen LogP contribution in [0.3, 0.4) is 0 Å². The van der Waals surface area contributed by atoms with Crippen LogP contribution in [0.4, 0.5) is 5.69 Å². The van der Waals surface area contributed by atoms with E-state index in [9.17, 15) is 0 Å². The van der Waals surface area contributed by atoms with E-state index in [0.717, 1.165) is 16.1 Å². The Bertz CT molecular complexity index is 815. The second kappa shape index (κ2) is 6.92. The Morgan fingerprint density at radius 1 is 1.21 bits per heavy atom. The van der Waals surface area contributed by atoms with Crippen LogP contribution < -0.4 is 14.8 Å². The van der Waals surface area contributed by atoms with Gasteiger partial charge in [-0.15, -0.1) is 11.3 Å². The fourth-order valence-corrected chi connectivity index (χ4v) is 3.00. The molecule has 1 unspecified atom stereocenters. The van der Waals surface area contributed by atoms with Gasteiger partial charge in [0.15, 0.2) is 11.5 Å². The summed E-state index contributed by atoms with van der Waals surface area (Å²) in [7, 11) is 3.24. The van der Waals surface area contributed by atoms with E-state index in [2.05, 4.69) is 15.5 Å². The van der Waals surface area contributed by atoms with Gasteiger partial charge in [-0.1, -0.05) is 11.2 Å². The Hall–Kier alpha value is -2.54. The normalized spacial score (nSPS) is 12.0. The summed E-state index contributed by atoms with van der Waals surface area (Å²) < 4.78 is 16.1. The van der Waals surface area contributed by atoms with E-state index in [1.54, 1.807) is 25.6 Å². The first-order chi connectivity index (χ1) is 11.6. The molecule has 0 spiro atoms. The van der Waals surface area contributed by atoms with Crippen molar-refractivity contribution in [1.29, 1.82) is 0 Å². The largest absolute Gasteiger partial charge is 0.493 e. The number of thiophene rings is 1. The van der Waals surface area contributed by atoms with Gasteiger partial charge in [-0.2, -0.15) is 4.98 Å². The highest BCUT2D eigenvalue weighted by molar-refractivity contribution is 7.13. The maximum atomic E-state index is 5.39. The molecule has 1 atom stereocenters. The molecule has 1 aromatic carbocycles. The second-order valence-corrected chi connectivity index (χ2v) is 6.27. The molecule has 0 aliphatic heterocycles. The van der Waals surface area contributed by atoms with E-state index in [-0.39, 0.29) is 6.04 Å². The number of nitrogens with zero attached hydrogens (tertiary/aromatic N) is 2. The Labute approximate surface area is 144 Å². The Morgan fingerprint density at radius 3 is 2.62 bits per heavy atom. The Kier molecular flexibility index (Phi) is 4.71. The molecule has 0 bridgehead atoms. The molecule has 1 N–H and O–H groups in total. The van der Waals surface area contributed by atoms with Crippen LogP contribution in [0.25, 0.3) is 10.7 Å². The summed E-state index contributed by atoms with van der Waals surface area (Å²) in [5.41, 5.74) is 1.97. The van der Waals surface area contributed by atoms with Gasteiger partial charge in [0.05, 0.1) is 19.1 Å². The van der Waals surface area contributed by atoms with Gasteiger partial charge in [0.2, 0.25) is 11.7 Å². The van der Waals surface area contributed by atoms with Crippen LogP contribution in [0, 0.1) is 6.92 Å². The smallest absolute Gasteiger partial charge is 0.249 e. The average molecular weight is 345 g/mol. The van der Waals surface area contributed by atoms with Crippen LogP contribution in [0.1, 0.15) is 24.4 Å². The second-order valence-electron chi connectivity index (χ2n) is 5.32. The monoisotopic (exact) mass is 345 g/mol. The molecule has 24 heavy (non-hydrogen) atoms. The number of hydrogen-bond acceptors (Lipinski definition) is 7. The summed E-state index contributed by atoms with van der Waals surface area (Å²) in [5.74, 6) is 2.51. The van der Waals surface area contributed by atoms with Crippen molar-refractivity contribution >= 4 is 17.0 Å². The van der Waals surface area contributed by atoms with Crippen LogP contribution in [0.15, 0.2) is 34.2 Å². The molecule has 7 heteroatoms. The van der Waals surface area contributed by atoms with E-state index in [4.69, 9.17) is 14.0 Å². The van der Waals surface area contributed by atoms with Crippen molar-refractivity contribution in [3.8, 4) is 22.2 Å². The minimum Gasteiger partial charge on any atom is -0.493 e. The molecule has 2 heterocycles. The molecule has 0 saturated heterocycles. The zero-order valence-corrected chi connectivity index (χ0v) is 14.8. The summed E-state index contributed by atoms with van der Waals surface area (Å²) in [6.07, 6.45) is 0. The number of rotatable bonds is 6. The number of aromatic nitrogens is 2. The molecule has 126 valence electrons. The van der Waals surface area contributed by atoms with Crippen molar-refractivity contribution in [2.45, 2.75) is 19.9 Å². The van der Waals surface area contributed by atoms with Crippen molar-refractivity contribution in [1.82, 2.24) is 10.1 Å². The molecular formula is C17H19N3O3S. The fraction of sp³-hybridized carbons (Fsp3) is 0.294. The van der Waals surface area contributed by atoms with Crippen molar-refractivity contribution in [3.63, 3.8) is 0 Å². The summed E-state index contributed by atoms with van der Waals surface area (Å²) >= 11 is 1.58. The Balaban J connectivity index is 1.81. The molecule has 0 saturated carbocycles. The van der Waals surface area contributed by atoms with Crippen molar-refractivity contribution in [3.05, 3.63) is 41.1 Å². The van der Waals surface area contributed by atoms with E-state index in [0.29, 0.717) is 23.2 Å². The van der Waals surface area contributed by atoms with E-state index >= 15 is 0 Å². The summed E-state index contributed by atoms with van der Waals surface area (Å²) in [6.45, 7) is 3.98. The predicted octanol–water partition coefficient (Wildman–Crippen LogP) is 4.30. The summed E-state index contributed by atoms with van der Waals surface area (Å²) in [4.78, 5) is 5.45. The number of benzene rings is 1. The van der Waals surface area contributed by atoms with Gasteiger partial charge in [-0.3, -0.25) is 0 Å². The molecule has 0 aliphatic carbocycles. The first-order valence-corrected chi connectivity index (χ1v) is 8.37. The van der Waals surface area contributed by atoms with E-state index in [1.165, 1.54) is 0 Å². The number of ether oxygens (including phenoxy) is 2. The zero-order chi connectivity index (χ0) is 17.1. The molecule has 6 nitrogen and oxygen atoms in total. The van der Waals surface area contributed by atoms with E-state index in [1.807, 2.05) is 43.5 Å². The highest BCUT2D eigenvalue weighted by Gasteiger charge is 2.17. The molecule has 0 aliphatic rings. The van der Waals surface area contributed by atoms with E-state index < -0.39 is 0 Å². The van der Waals surface area contributed by atoms with Crippen molar-refractivity contribution in [2.75, 3.05) is 19.5 Å². The Morgan fingerprint density at radius 2 is 1.96 bits per heavy atom. The molecular weight excluding hydrogens is 326 g/mol. The van der Waals surface area contributed by atoms with Gasteiger partial charge in [0.1, 0.15) is 6.04 Å². The molecule has 0 amide bonds. The molecule has 0 radical (unpaired) electrons. The minimum absolute atomic E-state index is 0.136. The van der Waals surface area contributed by atoms with Gasteiger partial charge < -0.3 is 19.3 Å². The van der Waals surface area contributed by atoms with Gasteiger partial charge in [0, 0.05) is 11.8 Å². The van der Waals surface area contributed by atoms with Crippen molar-refractivity contribution < 1.29 is 14.0 Å². The SMILES string of the molecule is COc1cc(C)c(NC(C)c2nc(-c3cccs3)no2)cc1OC. The molecule has 0 fully saturated rings. The predicted molar refractivity (Wildman–Crippen MR) is 93.9 cm³/mol. The number of aryl methyl sites for hydroxylation is 1. The first-order valence-electron chi connectivity index (χ1n) is 7.49. The van der Waals surface area contributed by atoms with Crippen LogP contribution >= 0.6 is 11.3 Å². The lowest BCUT2D eigenvalue weighted by molar-refractivity contribution is 0.354. The standard InChI is InChI=1S/C17H19N3O3S/c1-10-8-13(21-3)14(22-4)9-12(10)18-11(2)17-19-16(20-23-17)15-6-5-7-24-15/h5-9,11,18H,1-4H3. The minimum atomic E-state index is -0.136. The highest BCUT2D eigenvalue weighted by Crippen LogP contribution is 2.34. The lowest BCUT2D eigenvalue weighted by atomic mass is 10.1. The van der Waals surface area contributed by atoms with Crippen molar-refractivity contribution in [2.24, 2.45) is 0 Å². The third-order valence-electron chi connectivity index (χ3n) is 3.66. The van der Waals surface area contributed by atoms with Crippen LogP contribution in [0.2, 0.25) is 0 Å². The molecule has 3 rings (SSSR count). The highest BCUT2D eigenvalue weighted by atomic mass is 32.1. The third-order valence-corrected chi connectivity index (χ3v) is 4.52. The maximum Gasteiger partial charge on any atom is 0.249 e. The molecule has 3 aromatic rings. The van der Waals surface area contributed by atoms with Gasteiger partial charge in [0.25, 0.3) is 0 Å². The fourth-order valence-electron chi connectivity index (χ4n) is 2.35. The quantitative estimate of drug-likeness (QED) is 0.718. The number of hydrogen-bond donors (Lipinski definition) is 1. The topological polar surface area (TPSA) is 69.4 Å². The van der Waals surface area contributed by atoms with Gasteiger partial charge in [-0.25, -0.2) is 0 Å². The third kappa shape index (κ3) is 3.21. The maximum absolute atomic E-state index is 5.39. The summed E-state index contributed by atoms with van der Waals surface area (Å²) in [5, 5.41) is 9.41. The zero-order valence-electron chi connectivity index (χ0n) is 14.0. The van der Waals surface area contributed by atoms with Crippen LogP contribution in [0.5, 0.6) is 11.5 Å². The number of methoxy groups -OCH3 is 2. The molecule has 2 aromatic heterocycles. The number of nitrogens with one attached hydrogen (secondary N) is 1. The lowest BCUT2D eigenvalue weighted by Crippen LogP contribution is -2.08.